The van der Waals surface area contributed by atoms with Gasteiger partial charge in [-0.3, -0.25) is 9.59 Å². The molecule has 0 aromatic heterocycles. The van der Waals surface area contributed by atoms with Crippen molar-refractivity contribution in [3.8, 4) is 0 Å². The van der Waals surface area contributed by atoms with Gasteiger partial charge in [0.2, 0.25) is 0 Å². The van der Waals surface area contributed by atoms with Gasteiger partial charge in [-0.15, -0.1) is 0 Å². The molecular weight excluding hydrogens is 182 g/mol. The van der Waals surface area contributed by atoms with Crippen LogP contribution < -0.4 is 5.32 Å². The van der Waals surface area contributed by atoms with Crippen molar-refractivity contribution in [3.05, 3.63) is 0 Å². The van der Waals surface area contributed by atoms with Crippen LogP contribution in [0.2, 0.25) is 0 Å². The van der Waals surface area contributed by atoms with Crippen molar-refractivity contribution in [2.24, 2.45) is 5.41 Å². The summed E-state index contributed by atoms with van der Waals surface area (Å²) in [5, 5.41) is 11.4. The van der Waals surface area contributed by atoms with Crippen molar-refractivity contribution in [2.45, 2.75) is 39.2 Å². The second-order valence-electron chi connectivity index (χ2n) is 4.76. The minimum absolute atomic E-state index is 0.00546. The lowest BCUT2D eigenvalue weighted by molar-refractivity contribution is -0.136. The summed E-state index contributed by atoms with van der Waals surface area (Å²) in [6.45, 7) is 4.02. The summed E-state index contributed by atoms with van der Waals surface area (Å²) < 4.78 is 0. The Balaban J connectivity index is 2.46. The third-order valence-corrected chi connectivity index (χ3v) is 2.49. The Morgan fingerprint density at radius 1 is 1.64 bits per heavy atom. The standard InChI is InChI=1S/C10H17NO3/c1-10(2)4-7(3-8(12)5-10)11-6-9(13)14/h7,11H,3-6H2,1-2H3,(H,13,14). The second kappa shape index (κ2) is 4.09. The zero-order chi connectivity index (χ0) is 10.8. The molecule has 4 nitrogen and oxygen atoms in total. The molecule has 0 bridgehead atoms. The van der Waals surface area contributed by atoms with Crippen LogP contribution in [0.15, 0.2) is 0 Å². The van der Waals surface area contributed by atoms with E-state index in [1.807, 2.05) is 13.8 Å². The van der Waals surface area contributed by atoms with Crippen LogP contribution in [0, 0.1) is 5.41 Å². The van der Waals surface area contributed by atoms with E-state index in [4.69, 9.17) is 5.11 Å². The van der Waals surface area contributed by atoms with Crippen LogP contribution in [0.4, 0.5) is 0 Å². The van der Waals surface area contributed by atoms with Gasteiger partial charge in [0.1, 0.15) is 5.78 Å². The predicted octanol–water partition coefficient (Wildman–Crippen LogP) is 0.808. The molecule has 4 heteroatoms. The zero-order valence-corrected chi connectivity index (χ0v) is 8.67. The molecule has 1 aliphatic rings. The molecule has 0 spiro atoms. The van der Waals surface area contributed by atoms with Gasteiger partial charge >= 0.3 is 5.97 Å². The summed E-state index contributed by atoms with van der Waals surface area (Å²) in [7, 11) is 0. The minimum Gasteiger partial charge on any atom is -0.480 e. The van der Waals surface area contributed by atoms with Gasteiger partial charge in [-0.1, -0.05) is 13.8 Å². The lowest BCUT2D eigenvalue weighted by Crippen LogP contribution is -2.42. The van der Waals surface area contributed by atoms with Crippen LogP contribution in [-0.2, 0) is 9.59 Å². The van der Waals surface area contributed by atoms with Crippen molar-refractivity contribution in [2.75, 3.05) is 6.54 Å². The summed E-state index contributed by atoms with van der Waals surface area (Å²) in [6.07, 6.45) is 1.95. The Morgan fingerprint density at radius 2 is 2.29 bits per heavy atom. The van der Waals surface area contributed by atoms with Crippen LogP contribution in [0.5, 0.6) is 0 Å². The molecule has 80 valence electrons. The number of carboxylic acids is 1. The fourth-order valence-corrected chi connectivity index (χ4v) is 2.07. The highest BCUT2D eigenvalue weighted by Gasteiger charge is 2.32. The first-order valence-electron chi connectivity index (χ1n) is 4.86. The monoisotopic (exact) mass is 199 g/mol. The summed E-state index contributed by atoms with van der Waals surface area (Å²) >= 11 is 0. The molecule has 0 aliphatic heterocycles. The van der Waals surface area contributed by atoms with Gasteiger partial charge in [-0.05, 0) is 11.8 Å². The van der Waals surface area contributed by atoms with Crippen LogP contribution >= 0.6 is 0 Å². The van der Waals surface area contributed by atoms with E-state index >= 15 is 0 Å². The fourth-order valence-electron chi connectivity index (χ4n) is 2.07. The molecule has 0 radical (unpaired) electrons. The number of aliphatic carboxylic acids is 1. The van der Waals surface area contributed by atoms with E-state index < -0.39 is 5.97 Å². The van der Waals surface area contributed by atoms with E-state index in [1.54, 1.807) is 0 Å². The van der Waals surface area contributed by atoms with Gasteiger partial charge in [0.25, 0.3) is 0 Å². The van der Waals surface area contributed by atoms with Crippen molar-refractivity contribution >= 4 is 11.8 Å². The van der Waals surface area contributed by atoms with Crippen LogP contribution in [0.1, 0.15) is 33.1 Å². The van der Waals surface area contributed by atoms with Crippen molar-refractivity contribution in [3.63, 3.8) is 0 Å². The Morgan fingerprint density at radius 3 is 2.79 bits per heavy atom. The van der Waals surface area contributed by atoms with E-state index in [0.29, 0.717) is 12.8 Å². The SMILES string of the molecule is CC1(C)CC(=O)CC(NCC(=O)O)C1. The van der Waals surface area contributed by atoms with Gasteiger partial charge in [0, 0.05) is 18.9 Å². The van der Waals surface area contributed by atoms with E-state index in [9.17, 15) is 9.59 Å². The van der Waals surface area contributed by atoms with Crippen LogP contribution in [0.25, 0.3) is 0 Å². The van der Waals surface area contributed by atoms with E-state index in [2.05, 4.69) is 5.32 Å². The lowest BCUT2D eigenvalue weighted by Gasteiger charge is -2.34. The van der Waals surface area contributed by atoms with Crippen molar-refractivity contribution < 1.29 is 14.7 Å². The lowest BCUT2D eigenvalue weighted by atomic mass is 9.74. The highest BCUT2D eigenvalue weighted by atomic mass is 16.4. The Bertz CT molecular complexity index is 248. The minimum atomic E-state index is -0.874. The molecule has 1 atom stereocenters. The van der Waals surface area contributed by atoms with Crippen molar-refractivity contribution in [1.29, 1.82) is 0 Å². The number of hydrogen-bond acceptors (Lipinski definition) is 3. The highest BCUT2D eigenvalue weighted by molar-refractivity contribution is 5.80. The van der Waals surface area contributed by atoms with Gasteiger partial charge in [-0.2, -0.15) is 0 Å². The fraction of sp³-hybridized carbons (Fsp3) is 0.800. The molecule has 0 saturated heterocycles. The average molecular weight is 199 g/mol. The first kappa shape index (κ1) is 11.2. The van der Waals surface area contributed by atoms with Crippen LogP contribution in [0.3, 0.4) is 0 Å². The quantitative estimate of drug-likeness (QED) is 0.705. The molecule has 14 heavy (non-hydrogen) atoms. The normalized spacial score (nSPS) is 26.1. The van der Waals surface area contributed by atoms with Gasteiger partial charge in [-0.25, -0.2) is 0 Å². The summed E-state index contributed by atoms with van der Waals surface area (Å²) in [6, 6.07) is 0.0300. The number of carbonyl (C=O) groups is 2. The Kier molecular flexibility index (Phi) is 3.26. The number of carbonyl (C=O) groups excluding carboxylic acids is 1. The number of nitrogens with one attached hydrogen (secondary N) is 1. The third-order valence-electron chi connectivity index (χ3n) is 2.49. The predicted molar refractivity (Wildman–Crippen MR) is 52.1 cm³/mol. The summed E-state index contributed by atoms with van der Waals surface area (Å²) in [5.74, 6) is -0.648. The van der Waals surface area contributed by atoms with E-state index in [0.717, 1.165) is 6.42 Å². The highest BCUT2D eigenvalue weighted by Crippen LogP contribution is 2.33. The topological polar surface area (TPSA) is 66.4 Å². The largest absolute Gasteiger partial charge is 0.480 e. The van der Waals surface area contributed by atoms with Gasteiger partial charge in [0.05, 0.1) is 6.54 Å². The molecule has 2 N–H and O–H groups in total. The Labute approximate surface area is 83.7 Å². The zero-order valence-electron chi connectivity index (χ0n) is 8.67. The molecule has 0 heterocycles. The smallest absolute Gasteiger partial charge is 0.317 e. The second-order valence-corrected chi connectivity index (χ2v) is 4.76. The third kappa shape index (κ3) is 3.46. The average Bonchev–Trinajstić information content (AvgIpc) is 1.96. The number of carboxylic acid groups (broad SMARTS) is 1. The van der Waals surface area contributed by atoms with Gasteiger partial charge in [0.15, 0.2) is 0 Å². The molecule has 0 amide bonds. The number of Topliss-reactive ketones (excluding diaryl/α,β-unsaturated/α-hetero) is 1. The molecule has 1 fully saturated rings. The first-order chi connectivity index (χ1) is 6.39. The van der Waals surface area contributed by atoms with E-state index in [-0.39, 0.29) is 23.8 Å². The molecule has 1 aliphatic carbocycles. The molecular formula is C10H17NO3. The first-order valence-corrected chi connectivity index (χ1v) is 4.86. The Hall–Kier alpha value is -0.900. The molecule has 1 rings (SSSR count). The van der Waals surface area contributed by atoms with Gasteiger partial charge < -0.3 is 10.4 Å². The van der Waals surface area contributed by atoms with E-state index in [1.165, 1.54) is 0 Å². The maximum Gasteiger partial charge on any atom is 0.317 e. The number of ketones is 1. The molecule has 0 aromatic rings. The van der Waals surface area contributed by atoms with Crippen molar-refractivity contribution in [1.82, 2.24) is 5.32 Å². The summed E-state index contributed by atoms with van der Waals surface area (Å²) in [4.78, 5) is 21.7. The molecule has 1 saturated carbocycles. The maximum absolute atomic E-state index is 11.3. The molecule has 1 unspecified atom stereocenters. The van der Waals surface area contributed by atoms with Crippen LogP contribution in [-0.4, -0.2) is 29.4 Å². The summed E-state index contributed by atoms with van der Waals surface area (Å²) in [5.41, 5.74) is 0.00546. The number of rotatable bonds is 3. The molecule has 0 aromatic carbocycles. The maximum atomic E-state index is 11.3. The number of hydrogen-bond donors (Lipinski definition) is 2.